The van der Waals surface area contributed by atoms with Crippen LogP contribution in [-0.2, 0) is 11.2 Å². The predicted octanol–water partition coefficient (Wildman–Crippen LogP) is 3.60. The Hall–Kier alpha value is -2.73. The third-order valence-corrected chi connectivity index (χ3v) is 3.89. The molecule has 7 heteroatoms. The fourth-order valence-corrected chi connectivity index (χ4v) is 2.55. The molecular weight excluding hydrogens is 340 g/mol. The number of hydrogen-bond acceptors (Lipinski definition) is 5. The Morgan fingerprint density at radius 3 is 2.92 bits per heavy atom. The van der Waals surface area contributed by atoms with E-state index in [1.54, 1.807) is 18.3 Å². The molecule has 128 valence electrons. The lowest BCUT2D eigenvalue weighted by molar-refractivity contribution is -0.121. The summed E-state index contributed by atoms with van der Waals surface area (Å²) >= 11 is 5.97. The minimum Gasteiger partial charge on any atom is -0.350 e. The second-order valence-electron chi connectivity index (χ2n) is 5.57. The van der Waals surface area contributed by atoms with Crippen LogP contribution in [0, 0.1) is 0 Å². The van der Waals surface area contributed by atoms with E-state index in [2.05, 4.69) is 20.4 Å². The topological polar surface area (TPSA) is 80.9 Å². The number of aryl methyl sites for hydroxylation is 1. The molecule has 0 aliphatic carbocycles. The number of aromatic nitrogens is 3. The molecule has 0 spiro atoms. The molecule has 0 unspecified atom stereocenters. The smallest absolute Gasteiger partial charge is 0.227 e. The zero-order valence-electron chi connectivity index (χ0n) is 13.6. The fraction of sp³-hybridized carbons (Fsp3) is 0.222. The Bertz CT molecular complexity index is 851. The normalized spacial score (nSPS) is 11.9. The van der Waals surface area contributed by atoms with E-state index in [-0.39, 0.29) is 18.4 Å². The number of carbonyl (C=O) groups is 1. The van der Waals surface area contributed by atoms with Crippen molar-refractivity contribution < 1.29 is 9.32 Å². The lowest BCUT2D eigenvalue weighted by Gasteiger charge is -2.14. The van der Waals surface area contributed by atoms with Crippen LogP contribution in [0.1, 0.15) is 30.8 Å². The zero-order chi connectivity index (χ0) is 17.6. The Kier molecular flexibility index (Phi) is 5.40. The average Bonchev–Trinajstić information content (AvgIpc) is 3.10. The molecular formula is C18H17ClN4O2. The van der Waals surface area contributed by atoms with Gasteiger partial charge < -0.3 is 9.84 Å². The molecule has 1 N–H and O–H groups in total. The molecule has 6 nitrogen and oxygen atoms in total. The maximum atomic E-state index is 12.1. The first kappa shape index (κ1) is 17.1. The lowest BCUT2D eigenvalue weighted by Crippen LogP contribution is -2.26. The molecule has 1 aromatic carbocycles. The van der Waals surface area contributed by atoms with E-state index >= 15 is 0 Å². The number of pyridine rings is 1. The van der Waals surface area contributed by atoms with Crippen LogP contribution >= 0.6 is 11.6 Å². The molecule has 3 aromatic rings. The summed E-state index contributed by atoms with van der Waals surface area (Å²) in [5.41, 5.74) is 1.59. The van der Waals surface area contributed by atoms with E-state index in [0.717, 1.165) is 5.56 Å². The van der Waals surface area contributed by atoms with E-state index in [4.69, 9.17) is 16.1 Å². The largest absolute Gasteiger partial charge is 0.350 e. The Morgan fingerprint density at radius 2 is 2.16 bits per heavy atom. The quantitative estimate of drug-likeness (QED) is 0.729. The van der Waals surface area contributed by atoms with Crippen LogP contribution in [0.25, 0.3) is 11.5 Å². The molecule has 0 aliphatic rings. The third kappa shape index (κ3) is 4.64. The highest BCUT2D eigenvalue weighted by atomic mass is 35.5. The number of nitrogens with zero attached hydrogens (tertiary/aromatic N) is 3. The second kappa shape index (κ2) is 7.90. The van der Waals surface area contributed by atoms with E-state index < -0.39 is 0 Å². The van der Waals surface area contributed by atoms with Gasteiger partial charge in [-0.05, 0) is 36.8 Å². The summed E-state index contributed by atoms with van der Waals surface area (Å²) in [6, 6.07) is 12.8. The van der Waals surface area contributed by atoms with Gasteiger partial charge in [0.05, 0.1) is 6.04 Å². The number of amides is 1. The Morgan fingerprint density at radius 1 is 1.28 bits per heavy atom. The van der Waals surface area contributed by atoms with Crippen molar-refractivity contribution in [1.82, 2.24) is 20.4 Å². The van der Waals surface area contributed by atoms with Gasteiger partial charge in [-0.2, -0.15) is 4.98 Å². The molecule has 2 aromatic heterocycles. The summed E-state index contributed by atoms with van der Waals surface area (Å²) in [5, 5.41) is 7.46. The van der Waals surface area contributed by atoms with Crippen LogP contribution in [0.5, 0.6) is 0 Å². The van der Waals surface area contributed by atoms with Gasteiger partial charge in [-0.25, -0.2) is 0 Å². The molecule has 1 amide bonds. The average molecular weight is 357 g/mol. The van der Waals surface area contributed by atoms with Crippen molar-refractivity contribution in [2.24, 2.45) is 0 Å². The fourth-order valence-electron chi connectivity index (χ4n) is 2.35. The molecule has 0 bridgehead atoms. The molecule has 0 saturated heterocycles. The Balaban J connectivity index is 1.53. The van der Waals surface area contributed by atoms with Gasteiger partial charge >= 0.3 is 0 Å². The summed E-state index contributed by atoms with van der Waals surface area (Å²) in [6.07, 6.45) is 2.29. The van der Waals surface area contributed by atoms with Crippen LogP contribution in [0.2, 0.25) is 5.02 Å². The van der Waals surface area contributed by atoms with Crippen molar-refractivity contribution in [2.45, 2.75) is 25.8 Å². The van der Waals surface area contributed by atoms with Gasteiger partial charge in [-0.1, -0.05) is 35.0 Å². The zero-order valence-corrected chi connectivity index (χ0v) is 14.4. The Labute approximate surface area is 150 Å². The number of carbonyl (C=O) groups excluding carboxylic acids is 1. The second-order valence-corrected chi connectivity index (χ2v) is 6.01. The van der Waals surface area contributed by atoms with Gasteiger partial charge in [-0.15, -0.1) is 0 Å². The van der Waals surface area contributed by atoms with Gasteiger partial charge in [-0.3, -0.25) is 9.78 Å². The van der Waals surface area contributed by atoms with Crippen molar-refractivity contribution in [3.63, 3.8) is 0 Å². The van der Waals surface area contributed by atoms with Crippen molar-refractivity contribution in [2.75, 3.05) is 0 Å². The molecule has 0 fully saturated rings. The highest BCUT2D eigenvalue weighted by Gasteiger charge is 2.13. The standard InChI is InChI=1S/C18H17ClN4O2/c1-12(13-5-4-6-14(19)11-13)21-16(24)8-9-17-22-18(23-25-17)15-7-2-3-10-20-15/h2-7,10-12H,8-9H2,1H3,(H,21,24)/t12-/m1/s1. The SMILES string of the molecule is C[C@@H](NC(=O)CCc1nc(-c2ccccn2)no1)c1cccc(Cl)c1. The van der Waals surface area contributed by atoms with E-state index in [1.165, 1.54) is 0 Å². The summed E-state index contributed by atoms with van der Waals surface area (Å²) < 4.78 is 5.18. The van der Waals surface area contributed by atoms with Crippen molar-refractivity contribution in [3.8, 4) is 11.5 Å². The van der Waals surface area contributed by atoms with Gasteiger partial charge in [0, 0.05) is 24.1 Å². The first-order chi connectivity index (χ1) is 12.1. The van der Waals surface area contributed by atoms with Crippen LogP contribution in [0.15, 0.2) is 53.2 Å². The minimum absolute atomic E-state index is 0.0925. The number of benzene rings is 1. The van der Waals surface area contributed by atoms with E-state index in [0.29, 0.717) is 28.9 Å². The maximum Gasteiger partial charge on any atom is 0.227 e. The van der Waals surface area contributed by atoms with Gasteiger partial charge in [0.25, 0.3) is 0 Å². The first-order valence-corrected chi connectivity index (χ1v) is 8.28. The third-order valence-electron chi connectivity index (χ3n) is 3.65. The van der Waals surface area contributed by atoms with Gasteiger partial charge in [0.1, 0.15) is 5.69 Å². The molecule has 0 aliphatic heterocycles. The molecule has 25 heavy (non-hydrogen) atoms. The predicted molar refractivity (Wildman–Crippen MR) is 93.9 cm³/mol. The van der Waals surface area contributed by atoms with Crippen molar-refractivity contribution in [3.05, 3.63) is 65.1 Å². The maximum absolute atomic E-state index is 12.1. The van der Waals surface area contributed by atoms with Gasteiger partial charge in [0.15, 0.2) is 0 Å². The summed E-state index contributed by atoms with van der Waals surface area (Å²) in [7, 11) is 0. The summed E-state index contributed by atoms with van der Waals surface area (Å²) in [4.78, 5) is 20.5. The van der Waals surface area contributed by atoms with Crippen molar-refractivity contribution in [1.29, 1.82) is 0 Å². The molecule has 2 heterocycles. The summed E-state index contributed by atoms with van der Waals surface area (Å²) in [5.74, 6) is 0.736. The molecule has 1 atom stereocenters. The molecule has 0 radical (unpaired) electrons. The molecule has 0 saturated carbocycles. The van der Waals surface area contributed by atoms with Crippen LogP contribution in [0.3, 0.4) is 0 Å². The lowest BCUT2D eigenvalue weighted by atomic mass is 10.1. The first-order valence-electron chi connectivity index (χ1n) is 7.90. The highest BCUT2D eigenvalue weighted by Crippen LogP contribution is 2.18. The summed E-state index contributed by atoms with van der Waals surface area (Å²) in [6.45, 7) is 1.91. The molecule has 3 rings (SSSR count). The number of hydrogen-bond donors (Lipinski definition) is 1. The van der Waals surface area contributed by atoms with E-state index in [9.17, 15) is 4.79 Å². The monoisotopic (exact) mass is 356 g/mol. The highest BCUT2D eigenvalue weighted by molar-refractivity contribution is 6.30. The van der Waals surface area contributed by atoms with Gasteiger partial charge in [0.2, 0.25) is 17.6 Å². The van der Waals surface area contributed by atoms with E-state index in [1.807, 2.05) is 37.3 Å². The van der Waals surface area contributed by atoms with Crippen LogP contribution in [0.4, 0.5) is 0 Å². The van der Waals surface area contributed by atoms with Crippen LogP contribution < -0.4 is 5.32 Å². The van der Waals surface area contributed by atoms with Crippen molar-refractivity contribution >= 4 is 17.5 Å². The van der Waals surface area contributed by atoms with Crippen LogP contribution in [-0.4, -0.2) is 21.0 Å². The number of nitrogens with one attached hydrogen (secondary N) is 1. The number of rotatable bonds is 6. The number of halogens is 1. The minimum atomic E-state index is -0.127.